The Kier molecular flexibility index (Phi) is 8.23. The van der Waals surface area contributed by atoms with Crippen molar-refractivity contribution in [2.24, 2.45) is 0 Å². The van der Waals surface area contributed by atoms with Crippen LogP contribution in [0.15, 0.2) is 77.6 Å². The number of hydrogen-bond donors (Lipinski definition) is 3. The van der Waals surface area contributed by atoms with Gasteiger partial charge >= 0.3 is 4.87 Å². The molecule has 4 rings (SSSR count). The van der Waals surface area contributed by atoms with E-state index in [0.29, 0.717) is 17.9 Å². The van der Waals surface area contributed by atoms with Crippen molar-refractivity contribution in [3.05, 3.63) is 98.5 Å². The number of ether oxygens (including phenoxy) is 1. The molecule has 186 valence electrons. The Morgan fingerprint density at radius 1 is 1.06 bits per heavy atom. The van der Waals surface area contributed by atoms with Crippen LogP contribution in [0.5, 0.6) is 11.6 Å². The fourth-order valence-corrected chi connectivity index (χ4v) is 4.60. The van der Waals surface area contributed by atoms with Crippen molar-refractivity contribution >= 4 is 22.9 Å². The van der Waals surface area contributed by atoms with E-state index >= 15 is 0 Å². The highest BCUT2D eigenvalue weighted by Gasteiger charge is 2.16. The summed E-state index contributed by atoms with van der Waals surface area (Å²) >= 11 is 1.01. The molecule has 0 fully saturated rings. The number of amides is 1. The Morgan fingerprint density at radius 2 is 1.81 bits per heavy atom. The molecule has 1 aromatic heterocycles. The van der Waals surface area contributed by atoms with Crippen LogP contribution in [0.3, 0.4) is 0 Å². The highest BCUT2D eigenvalue weighted by molar-refractivity contribution is 7.09. The highest BCUT2D eigenvalue weighted by Crippen LogP contribution is 2.27. The molecule has 4 aromatic rings. The van der Waals surface area contributed by atoms with E-state index in [1.165, 1.54) is 0 Å². The first-order valence-corrected chi connectivity index (χ1v) is 12.9. The lowest BCUT2D eigenvalue weighted by molar-refractivity contribution is -0.117. The van der Waals surface area contributed by atoms with Gasteiger partial charge in [-0.05, 0) is 59.9 Å². The summed E-state index contributed by atoms with van der Waals surface area (Å²) in [5.74, 6) is 0.368. The van der Waals surface area contributed by atoms with Gasteiger partial charge in [-0.2, -0.15) is 0 Å². The zero-order valence-corrected chi connectivity index (χ0v) is 21.2. The normalized spacial score (nSPS) is 11.7. The summed E-state index contributed by atoms with van der Waals surface area (Å²) in [5, 5.41) is 12.8. The maximum atomic E-state index is 12.9. The molecule has 0 spiro atoms. The smallest absolute Gasteiger partial charge is 0.307 e. The van der Waals surface area contributed by atoms with E-state index in [1.807, 2.05) is 79.7 Å². The van der Waals surface area contributed by atoms with E-state index in [0.717, 1.165) is 57.9 Å². The van der Waals surface area contributed by atoms with Crippen LogP contribution in [0.2, 0.25) is 0 Å². The lowest BCUT2D eigenvalue weighted by Gasteiger charge is -2.14. The first kappa shape index (κ1) is 25.3. The second-order valence-corrected chi connectivity index (χ2v) is 9.79. The molecule has 1 amide bonds. The van der Waals surface area contributed by atoms with Crippen LogP contribution in [0.1, 0.15) is 48.6 Å². The molecule has 0 saturated heterocycles. The number of rotatable bonds is 10. The molecule has 0 aliphatic heterocycles. The number of hydrogen-bond acceptors (Lipinski definition) is 5. The zero-order valence-electron chi connectivity index (χ0n) is 20.4. The summed E-state index contributed by atoms with van der Waals surface area (Å²) in [4.78, 5) is 27.1. The van der Waals surface area contributed by atoms with Crippen LogP contribution in [-0.2, 0) is 11.2 Å². The fraction of sp³-hybridized carbons (Fsp3) is 0.241. The van der Waals surface area contributed by atoms with Crippen LogP contribution in [0.4, 0.5) is 5.69 Å². The Bertz CT molecular complexity index is 1360. The van der Waals surface area contributed by atoms with Crippen LogP contribution in [0.25, 0.3) is 11.1 Å². The van der Waals surface area contributed by atoms with Gasteiger partial charge < -0.3 is 15.2 Å². The van der Waals surface area contributed by atoms with Gasteiger partial charge in [-0.15, -0.1) is 0 Å². The van der Waals surface area contributed by atoms with Gasteiger partial charge in [-0.3, -0.25) is 14.6 Å². The van der Waals surface area contributed by atoms with Crippen molar-refractivity contribution in [3.8, 4) is 22.8 Å². The number of aromatic nitrogens is 1. The molecule has 3 aromatic carbocycles. The number of unbranched alkanes of at least 4 members (excludes halogenated alkanes) is 1. The topological polar surface area (TPSA) is 91.4 Å². The minimum absolute atomic E-state index is 0.0667. The molecule has 0 aliphatic rings. The van der Waals surface area contributed by atoms with Crippen molar-refractivity contribution in [2.45, 2.75) is 39.0 Å². The molecule has 0 radical (unpaired) electrons. The van der Waals surface area contributed by atoms with Crippen molar-refractivity contribution < 1.29 is 14.6 Å². The summed E-state index contributed by atoms with van der Waals surface area (Å²) in [7, 11) is 0. The number of H-pyrrole nitrogens is 1. The third kappa shape index (κ3) is 6.43. The molecule has 7 heteroatoms. The van der Waals surface area contributed by atoms with Crippen LogP contribution < -0.4 is 14.9 Å². The minimum atomic E-state index is -0.307. The Morgan fingerprint density at radius 3 is 2.47 bits per heavy atom. The molecule has 1 atom stereocenters. The molecular formula is C29H30N2O4S. The zero-order chi connectivity index (χ0) is 25.5. The van der Waals surface area contributed by atoms with E-state index in [2.05, 4.69) is 17.2 Å². The number of thiazole rings is 1. The van der Waals surface area contributed by atoms with E-state index < -0.39 is 0 Å². The second-order valence-electron chi connectivity index (χ2n) is 8.72. The van der Waals surface area contributed by atoms with Gasteiger partial charge in [-0.25, -0.2) is 0 Å². The Balaban J connectivity index is 1.39. The summed E-state index contributed by atoms with van der Waals surface area (Å²) in [6.07, 6.45) is 2.59. The summed E-state index contributed by atoms with van der Waals surface area (Å²) < 4.78 is 5.71. The molecule has 36 heavy (non-hydrogen) atoms. The molecule has 0 saturated carbocycles. The predicted molar refractivity (Wildman–Crippen MR) is 145 cm³/mol. The third-order valence-corrected chi connectivity index (χ3v) is 6.89. The Hall–Kier alpha value is -3.84. The van der Waals surface area contributed by atoms with Crippen molar-refractivity contribution in [1.82, 2.24) is 4.98 Å². The third-order valence-electron chi connectivity index (χ3n) is 6.02. The van der Waals surface area contributed by atoms with Gasteiger partial charge in [0, 0.05) is 12.1 Å². The van der Waals surface area contributed by atoms with Crippen LogP contribution in [0, 0.1) is 0 Å². The van der Waals surface area contributed by atoms with Gasteiger partial charge in [-0.1, -0.05) is 73.2 Å². The van der Waals surface area contributed by atoms with Crippen LogP contribution in [-0.4, -0.2) is 22.6 Å². The first-order chi connectivity index (χ1) is 17.4. The van der Waals surface area contributed by atoms with E-state index in [4.69, 9.17) is 4.74 Å². The number of carbonyl (C=O) groups excluding carboxylic acids is 1. The van der Waals surface area contributed by atoms with E-state index in [1.54, 1.807) is 0 Å². The van der Waals surface area contributed by atoms with Crippen molar-refractivity contribution in [1.29, 1.82) is 0 Å². The van der Waals surface area contributed by atoms with E-state index in [-0.39, 0.29) is 22.6 Å². The molecular weight excluding hydrogens is 472 g/mol. The summed E-state index contributed by atoms with van der Waals surface area (Å²) in [6, 6.07) is 23.4. The molecule has 1 unspecified atom stereocenters. The van der Waals surface area contributed by atoms with Crippen LogP contribution >= 0.6 is 11.3 Å². The first-order valence-electron chi connectivity index (χ1n) is 12.1. The molecule has 6 nitrogen and oxygen atoms in total. The van der Waals surface area contributed by atoms with E-state index in [9.17, 15) is 14.7 Å². The summed E-state index contributed by atoms with van der Waals surface area (Å²) in [6.45, 7) is 4.72. The number of carbonyl (C=O) groups is 1. The van der Waals surface area contributed by atoms with Gasteiger partial charge in [0.2, 0.25) is 11.8 Å². The molecule has 0 aliphatic carbocycles. The number of benzene rings is 3. The average molecular weight is 503 g/mol. The predicted octanol–water partition coefficient (Wildman–Crippen LogP) is 6.32. The molecule has 3 N–H and O–H groups in total. The van der Waals surface area contributed by atoms with Gasteiger partial charge in [0.05, 0.1) is 17.4 Å². The van der Waals surface area contributed by atoms with Gasteiger partial charge in [0.1, 0.15) is 5.75 Å². The maximum Gasteiger partial charge on any atom is 0.307 e. The standard InChI is InChI=1S/C29H30N2O4S/c1-3-4-16-35-25-14-12-21(13-15-25)19(2)27(32)30-24-7-5-6-23(18-24)22-10-8-20(9-11-22)17-26-28(33)31-29(34)36-26/h5-15,18-19,33H,3-4,16-17H2,1-2H3,(H,30,32)(H,31,34). The summed E-state index contributed by atoms with van der Waals surface area (Å²) in [5.41, 5.74) is 4.64. The van der Waals surface area contributed by atoms with Crippen molar-refractivity contribution in [2.75, 3.05) is 11.9 Å². The number of aromatic amines is 1. The highest BCUT2D eigenvalue weighted by atomic mass is 32.1. The minimum Gasteiger partial charge on any atom is -0.494 e. The SMILES string of the molecule is CCCCOc1ccc(C(C)C(=O)Nc2cccc(-c3ccc(Cc4sc(=O)[nH]c4O)cc3)c2)cc1. The number of aromatic hydroxyl groups is 1. The Labute approximate surface area is 214 Å². The monoisotopic (exact) mass is 502 g/mol. The second kappa shape index (κ2) is 11.7. The van der Waals surface area contributed by atoms with Gasteiger partial charge in [0.15, 0.2) is 0 Å². The lowest BCUT2D eigenvalue weighted by Crippen LogP contribution is -2.18. The fourth-order valence-electron chi connectivity index (χ4n) is 3.84. The van der Waals surface area contributed by atoms with Crippen molar-refractivity contribution in [3.63, 3.8) is 0 Å². The number of nitrogens with one attached hydrogen (secondary N) is 2. The largest absolute Gasteiger partial charge is 0.494 e. The molecule has 0 bridgehead atoms. The number of anilines is 1. The quantitative estimate of drug-likeness (QED) is 0.221. The maximum absolute atomic E-state index is 12.9. The van der Waals surface area contributed by atoms with Gasteiger partial charge in [0.25, 0.3) is 0 Å². The average Bonchev–Trinajstić information content (AvgIpc) is 3.21. The molecule has 1 heterocycles. The lowest BCUT2D eigenvalue weighted by atomic mass is 9.99.